The van der Waals surface area contributed by atoms with Crippen LogP contribution in [0, 0.1) is 11.8 Å². The summed E-state index contributed by atoms with van der Waals surface area (Å²) in [6.07, 6.45) is 0. The molecule has 1 aliphatic rings. The van der Waals surface area contributed by atoms with E-state index in [1.54, 1.807) is 11.4 Å². The topological polar surface area (TPSA) is 63.7 Å². The molecule has 0 amide bonds. The number of methoxy groups -OCH3 is 1. The van der Waals surface area contributed by atoms with Crippen molar-refractivity contribution >= 4 is 43.3 Å². The third-order valence-corrected chi connectivity index (χ3v) is 7.72. The fraction of sp³-hybridized carbons (Fsp3) is 0.545. The number of ether oxygens (including phenoxy) is 1. The third kappa shape index (κ3) is 2.72. The number of hydrogen-bond acceptors (Lipinski definition) is 5. The van der Waals surface area contributed by atoms with Crippen LogP contribution in [0.3, 0.4) is 0 Å². The van der Waals surface area contributed by atoms with Gasteiger partial charge in [-0.15, -0.1) is 11.3 Å². The number of sulfonamides is 1. The number of nitrogens with zero attached hydrogens (tertiary/aromatic N) is 1. The van der Waals surface area contributed by atoms with Crippen molar-refractivity contribution in [2.75, 3.05) is 20.2 Å². The molecule has 0 aromatic carbocycles. The van der Waals surface area contributed by atoms with Crippen LogP contribution in [-0.4, -0.2) is 38.9 Å². The average molecular weight is 368 g/mol. The Balaban J connectivity index is 2.25. The van der Waals surface area contributed by atoms with Gasteiger partial charge in [0.05, 0.1) is 13.0 Å². The number of hydrogen-bond donors (Lipinski definition) is 0. The average Bonchev–Trinajstić information content (AvgIpc) is 2.95. The Morgan fingerprint density at radius 1 is 1.53 bits per heavy atom. The molecule has 0 radical (unpaired) electrons. The highest BCUT2D eigenvalue weighted by Gasteiger charge is 2.42. The lowest BCUT2D eigenvalue weighted by molar-refractivity contribution is -0.145. The molecule has 2 heterocycles. The molecule has 1 aliphatic heterocycles. The summed E-state index contributed by atoms with van der Waals surface area (Å²) in [7, 11) is -2.21. The largest absolute Gasteiger partial charge is 0.469 e. The second-order valence-electron chi connectivity index (χ2n) is 4.48. The van der Waals surface area contributed by atoms with Crippen molar-refractivity contribution < 1.29 is 17.9 Å². The molecule has 1 aromatic heterocycles. The maximum absolute atomic E-state index is 12.5. The zero-order valence-electron chi connectivity index (χ0n) is 10.5. The summed E-state index contributed by atoms with van der Waals surface area (Å²) in [6.45, 7) is 2.38. The van der Waals surface area contributed by atoms with Crippen molar-refractivity contribution in [3.05, 3.63) is 15.9 Å². The van der Waals surface area contributed by atoms with Crippen LogP contribution < -0.4 is 0 Å². The second kappa shape index (κ2) is 5.51. The first-order valence-corrected chi connectivity index (χ1v) is 8.80. The molecule has 0 spiro atoms. The van der Waals surface area contributed by atoms with Gasteiger partial charge in [-0.2, -0.15) is 4.31 Å². The lowest BCUT2D eigenvalue weighted by Crippen LogP contribution is -2.30. The molecular weight excluding hydrogens is 354 g/mol. The van der Waals surface area contributed by atoms with Crippen LogP contribution in [0.25, 0.3) is 0 Å². The zero-order chi connectivity index (χ0) is 14.2. The predicted molar refractivity (Wildman–Crippen MR) is 75.4 cm³/mol. The minimum atomic E-state index is -3.54. The van der Waals surface area contributed by atoms with E-state index < -0.39 is 15.9 Å². The summed E-state index contributed by atoms with van der Waals surface area (Å²) in [4.78, 5) is 11.6. The molecule has 0 N–H and O–H groups in total. The Hall–Kier alpha value is -0.440. The molecule has 106 valence electrons. The summed E-state index contributed by atoms with van der Waals surface area (Å²) in [5.74, 6) is -0.782. The van der Waals surface area contributed by atoms with E-state index in [4.69, 9.17) is 4.74 Å². The fourth-order valence-electron chi connectivity index (χ4n) is 2.16. The van der Waals surface area contributed by atoms with Gasteiger partial charge in [-0.05, 0) is 33.3 Å². The number of carbonyl (C=O) groups excluding carboxylic acids is 1. The summed E-state index contributed by atoms with van der Waals surface area (Å²) in [6, 6.07) is 1.70. The van der Waals surface area contributed by atoms with Gasteiger partial charge in [-0.25, -0.2) is 8.42 Å². The molecule has 1 aromatic rings. The first-order valence-electron chi connectivity index (χ1n) is 5.69. The molecule has 1 fully saturated rings. The predicted octanol–water partition coefficient (Wildman–Crippen LogP) is 1.94. The highest BCUT2D eigenvalue weighted by atomic mass is 79.9. The number of thiophene rings is 1. The summed E-state index contributed by atoms with van der Waals surface area (Å²) >= 11 is 4.40. The second-order valence-corrected chi connectivity index (χ2v) is 8.39. The maximum Gasteiger partial charge on any atom is 0.310 e. The van der Waals surface area contributed by atoms with E-state index in [0.29, 0.717) is 11.0 Å². The van der Waals surface area contributed by atoms with Gasteiger partial charge >= 0.3 is 5.97 Å². The first-order chi connectivity index (χ1) is 8.87. The van der Waals surface area contributed by atoms with E-state index in [1.807, 2.05) is 6.92 Å². The minimum Gasteiger partial charge on any atom is -0.469 e. The lowest BCUT2D eigenvalue weighted by atomic mass is 9.99. The third-order valence-electron chi connectivity index (χ3n) is 3.24. The highest BCUT2D eigenvalue weighted by Crippen LogP contribution is 2.34. The Labute approximate surface area is 124 Å². The van der Waals surface area contributed by atoms with Crippen molar-refractivity contribution in [2.45, 2.75) is 11.1 Å². The fourth-order valence-corrected chi connectivity index (χ4v) is 6.17. The highest BCUT2D eigenvalue weighted by molar-refractivity contribution is 9.10. The van der Waals surface area contributed by atoms with E-state index in [1.165, 1.54) is 22.8 Å². The van der Waals surface area contributed by atoms with Crippen LogP contribution >= 0.6 is 27.3 Å². The molecule has 0 bridgehead atoms. The zero-order valence-corrected chi connectivity index (χ0v) is 13.7. The van der Waals surface area contributed by atoms with Crippen LogP contribution in [0.2, 0.25) is 0 Å². The van der Waals surface area contributed by atoms with E-state index in [2.05, 4.69) is 15.9 Å². The summed E-state index contributed by atoms with van der Waals surface area (Å²) in [5, 5.41) is 1.72. The monoisotopic (exact) mass is 367 g/mol. The van der Waals surface area contributed by atoms with Crippen molar-refractivity contribution in [2.24, 2.45) is 11.8 Å². The van der Waals surface area contributed by atoms with Crippen LogP contribution in [0.4, 0.5) is 0 Å². The van der Waals surface area contributed by atoms with Gasteiger partial charge < -0.3 is 4.74 Å². The summed E-state index contributed by atoms with van der Waals surface area (Å²) in [5.41, 5.74) is 0. The van der Waals surface area contributed by atoms with Crippen LogP contribution in [0.5, 0.6) is 0 Å². The normalized spacial score (nSPS) is 24.6. The van der Waals surface area contributed by atoms with Crippen LogP contribution in [0.1, 0.15) is 6.92 Å². The Kier molecular flexibility index (Phi) is 4.34. The molecule has 19 heavy (non-hydrogen) atoms. The Morgan fingerprint density at radius 2 is 2.21 bits per heavy atom. The molecule has 5 nitrogen and oxygen atoms in total. The molecule has 0 aliphatic carbocycles. The molecule has 1 saturated heterocycles. The van der Waals surface area contributed by atoms with E-state index in [0.717, 1.165) is 0 Å². The van der Waals surface area contributed by atoms with Gasteiger partial charge in [0.15, 0.2) is 0 Å². The summed E-state index contributed by atoms with van der Waals surface area (Å²) < 4.78 is 31.9. The van der Waals surface area contributed by atoms with E-state index in [9.17, 15) is 13.2 Å². The van der Waals surface area contributed by atoms with Crippen molar-refractivity contribution in [1.82, 2.24) is 4.31 Å². The van der Waals surface area contributed by atoms with Gasteiger partial charge in [0.2, 0.25) is 0 Å². The van der Waals surface area contributed by atoms with E-state index >= 15 is 0 Å². The lowest BCUT2D eigenvalue weighted by Gasteiger charge is -2.15. The molecule has 2 atom stereocenters. The van der Waals surface area contributed by atoms with Crippen molar-refractivity contribution in [1.29, 1.82) is 0 Å². The van der Waals surface area contributed by atoms with Gasteiger partial charge in [0, 0.05) is 17.6 Å². The molecular formula is C11H14BrNO4S2. The number of esters is 1. The number of carbonyl (C=O) groups is 1. The number of halogens is 1. The first kappa shape index (κ1) is 15.0. The quantitative estimate of drug-likeness (QED) is 0.765. The smallest absolute Gasteiger partial charge is 0.310 e. The number of rotatable bonds is 3. The molecule has 2 rings (SSSR count). The van der Waals surface area contributed by atoms with E-state index in [-0.39, 0.29) is 22.6 Å². The minimum absolute atomic E-state index is 0.0408. The van der Waals surface area contributed by atoms with Crippen LogP contribution in [0.15, 0.2) is 20.1 Å². The van der Waals surface area contributed by atoms with Gasteiger partial charge in [-0.1, -0.05) is 6.92 Å². The molecule has 0 saturated carbocycles. The van der Waals surface area contributed by atoms with Gasteiger partial charge in [-0.3, -0.25) is 4.79 Å². The Bertz CT molecular complexity index is 583. The molecule has 2 unspecified atom stereocenters. The standard InChI is InChI=1S/C11H14BrNO4S2/c1-7-5-13(6-8(7)10(14)17-2)19(15,16)11-9(12)3-4-18-11/h3-4,7-8H,5-6H2,1-2H3. The van der Waals surface area contributed by atoms with Gasteiger partial charge in [0.1, 0.15) is 4.21 Å². The van der Waals surface area contributed by atoms with Crippen LogP contribution in [-0.2, 0) is 19.6 Å². The van der Waals surface area contributed by atoms with Crippen molar-refractivity contribution in [3.8, 4) is 0 Å². The SMILES string of the molecule is COC(=O)C1CN(S(=O)(=O)c2sccc2Br)CC1C. The van der Waals surface area contributed by atoms with Crippen molar-refractivity contribution in [3.63, 3.8) is 0 Å². The Morgan fingerprint density at radius 3 is 2.74 bits per heavy atom. The molecule has 8 heteroatoms. The maximum atomic E-state index is 12.5. The van der Waals surface area contributed by atoms with Gasteiger partial charge in [0.25, 0.3) is 10.0 Å².